The van der Waals surface area contributed by atoms with Gasteiger partial charge in [-0.15, -0.1) is 11.3 Å². The average Bonchev–Trinajstić information content (AvgIpc) is 3.23. The summed E-state index contributed by atoms with van der Waals surface area (Å²) in [7, 11) is 3.80. The van der Waals surface area contributed by atoms with Gasteiger partial charge in [-0.1, -0.05) is 24.3 Å². The van der Waals surface area contributed by atoms with Gasteiger partial charge in [-0.25, -0.2) is 9.59 Å². The van der Waals surface area contributed by atoms with E-state index < -0.39 is 12.2 Å². The molecule has 2 N–H and O–H groups in total. The van der Waals surface area contributed by atoms with Crippen molar-refractivity contribution in [2.24, 2.45) is 0 Å². The van der Waals surface area contributed by atoms with Crippen LogP contribution in [0.1, 0.15) is 0 Å². The second-order valence-electron chi connectivity index (χ2n) is 6.78. The molecular weight excluding hydrogens is 402 g/mol. The Kier molecular flexibility index (Phi) is 7.05. The van der Waals surface area contributed by atoms with Crippen molar-refractivity contribution in [3.05, 3.63) is 66.0 Å². The van der Waals surface area contributed by atoms with E-state index in [1.54, 1.807) is 18.2 Å². The number of carbonyl (C=O) groups is 2. The second kappa shape index (κ2) is 9.91. The maximum atomic E-state index is 12.7. The number of phenolic OH excluding ortho intramolecular Hbond substituents is 1. The van der Waals surface area contributed by atoms with Crippen LogP contribution >= 0.6 is 11.3 Å². The van der Waals surface area contributed by atoms with Gasteiger partial charge < -0.3 is 14.7 Å². The third-order valence-corrected chi connectivity index (χ3v) is 5.17. The van der Waals surface area contributed by atoms with Gasteiger partial charge in [-0.3, -0.25) is 10.2 Å². The SMILES string of the molecule is CN(C)CCN(C(=O)OC(=O)Nc1cc(O)ccc1-c1cccs1)c1ccccc1. The highest BCUT2D eigenvalue weighted by molar-refractivity contribution is 7.13. The summed E-state index contributed by atoms with van der Waals surface area (Å²) in [5.74, 6) is -0.00572. The minimum absolute atomic E-state index is 0.00572. The first-order valence-electron chi connectivity index (χ1n) is 9.31. The van der Waals surface area contributed by atoms with Crippen molar-refractivity contribution >= 4 is 34.9 Å². The lowest BCUT2D eigenvalue weighted by atomic mass is 10.1. The molecule has 0 fully saturated rings. The predicted molar refractivity (Wildman–Crippen MR) is 119 cm³/mol. The van der Waals surface area contributed by atoms with Crippen LogP contribution in [0.5, 0.6) is 5.75 Å². The number of ether oxygens (including phenoxy) is 1. The predicted octanol–water partition coefficient (Wildman–Crippen LogP) is 4.86. The smallest absolute Gasteiger partial charge is 0.423 e. The van der Waals surface area contributed by atoms with E-state index in [1.807, 2.05) is 54.7 Å². The fraction of sp³-hybridized carbons (Fsp3) is 0.182. The normalized spacial score (nSPS) is 10.6. The number of thiophene rings is 1. The van der Waals surface area contributed by atoms with Gasteiger partial charge in [0.15, 0.2) is 0 Å². The number of aromatic hydroxyl groups is 1. The van der Waals surface area contributed by atoms with Crippen molar-refractivity contribution < 1.29 is 19.4 Å². The van der Waals surface area contributed by atoms with E-state index in [1.165, 1.54) is 28.4 Å². The maximum Gasteiger partial charge on any atom is 0.423 e. The Balaban J connectivity index is 1.74. The summed E-state index contributed by atoms with van der Waals surface area (Å²) in [4.78, 5) is 29.4. The van der Waals surface area contributed by atoms with E-state index in [0.29, 0.717) is 24.5 Å². The molecule has 0 aliphatic carbocycles. The molecule has 2 amide bonds. The molecule has 1 heterocycles. The standard InChI is InChI=1S/C22H23N3O4S/c1-24(2)12-13-25(16-7-4-3-5-8-16)22(28)29-21(27)23-19-15-17(26)10-11-18(19)20-9-6-14-30-20/h3-11,14-15,26H,12-13H2,1-2H3,(H,23,27). The number of phenols is 1. The lowest BCUT2D eigenvalue weighted by Crippen LogP contribution is -2.38. The van der Waals surface area contributed by atoms with Crippen molar-refractivity contribution in [1.82, 2.24) is 4.90 Å². The monoisotopic (exact) mass is 425 g/mol. The summed E-state index contributed by atoms with van der Waals surface area (Å²) in [5, 5.41) is 14.3. The largest absolute Gasteiger partial charge is 0.508 e. The van der Waals surface area contributed by atoms with E-state index in [9.17, 15) is 14.7 Å². The molecule has 1 aromatic heterocycles. The van der Waals surface area contributed by atoms with Gasteiger partial charge in [0.2, 0.25) is 0 Å². The van der Waals surface area contributed by atoms with Crippen molar-refractivity contribution in [1.29, 1.82) is 0 Å². The van der Waals surface area contributed by atoms with E-state index in [0.717, 1.165) is 10.4 Å². The number of nitrogens with one attached hydrogen (secondary N) is 1. The second-order valence-corrected chi connectivity index (χ2v) is 7.73. The first-order valence-corrected chi connectivity index (χ1v) is 10.2. The lowest BCUT2D eigenvalue weighted by molar-refractivity contribution is 0.164. The first kappa shape index (κ1) is 21.4. The molecule has 2 aromatic carbocycles. The number of benzene rings is 2. The summed E-state index contributed by atoms with van der Waals surface area (Å²) in [6.07, 6.45) is -1.70. The molecule has 0 saturated heterocycles. The molecule has 0 radical (unpaired) electrons. The maximum absolute atomic E-state index is 12.7. The number of likely N-dealkylation sites (N-methyl/N-ethyl adjacent to an activating group) is 1. The van der Waals surface area contributed by atoms with Crippen LogP contribution in [0.25, 0.3) is 10.4 Å². The minimum atomic E-state index is -0.922. The molecule has 7 nitrogen and oxygen atoms in total. The van der Waals surface area contributed by atoms with Gasteiger partial charge in [0.05, 0.1) is 5.69 Å². The van der Waals surface area contributed by atoms with Crippen molar-refractivity contribution in [2.75, 3.05) is 37.4 Å². The Morgan fingerprint density at radius 2 is 1.80 bits per heavy atom. The van der Waals surface area contributed by atoms with Gasteiger partial charge in [0.1, 0.15) is 5.75 Å². The quantitative estimate of drug-likeness (QED) is 0.551. The molecule has 0 aliphatic heterocycles. The van der Waals surface area contributed by atoms with Crippen LogP contribution in [0.2, 0.25) is 0 Å². The van der Waals surface area contributed by atoms with Gasteiger partial charge >= 0.3 is 12.2 Å². The van der Waals surface area contributed by atoms with E-state index in [-0.39, 0.29) is 5.75 Å². The summed E-state index contributed by atoms with van der Waals surface area (Å²) >= 11 is 1.49. The zero-order valence-corrected chi connectivity index (χ0v) is 17.6. The Morgan fingerprint density at radius 1 is 1.03 bits per heavy atom. The lowest BCUT2D eigenvalue weighted by Gasteiger charge is -2.23. The third kappa shape index (κ3) is 5.59. The zero-order chi connectivity index (χ0) is 21.5. The highest BCUT2D eigenvalue weighted by atomic mass is 32.1. The molecule has 8 heteroatoms. The molecular formula is C22H23N3O4S. The summed E-state index contributed by atoms with van der Waals surface area (Å²) in [5.41, 5.74) is 1.71. The Labute approximate surface area is 179 Å². The van der Waals surface area contributed by atoms with Gasteiger partial charge in [0, 0.05) is 35.3 Å². The van der Waals surface area contributed by atoms with Crippen LogP contribution in [0.4, 0.5) is 21.0 Å². The molecule has 30 heavy (non-hydrogen) atoms. The number of hydrogen-bond acceptors (Lipinski definition) is 6. The number of hydrogen-bond donors (Lipinski definition) is 2. The van der Waals surface area contributed by atoms with Gasteiger partial charge in [0.25, 0.3) is 0 Å². The fourth-order valence-corrected chi connectivity index (χ4v) is 3.55. The molecule has 0 saturated carbocycles. The fourth-order valence-electron chi connectivity index (χ4n) is 2.79. The molecule has 0 spiro atoms. The summed E-state index contributed by atoms with van der Waals surface area (Å²) in [6, 6.07) is 17.5. The average molecular weight is 426 g/mol. The first-order chi connectivity index (χ1) is 14.4. The Hall–Kier alpha value is -3.36. The van der Waals surface area contributed by atoms with Gasteiger partial charge in [-0.2, -0.15) is 0 Å². The van der Waals surface area contributed by atoms with Crippen molar-refractivity contribution in [2.45, 2.75) is 0 Å². The third-order valence-electron chi connectivity index (χ3n) is 4.27. The van der Waals surface area contributed by atoms with Crippen LogP contribution in [0.3, 0.4) is 0 Å². The Morgan fingerprint density at radius 3 is 2.47 bits per heavy atom. The number of anilines is 2. The molecule has 0 bridgehead atoms. The molecule has 3 aromatic rings. The summed E-state index contributed by atoms with van der Waals surface area (Å²) < 4.78 is 5.06. The molecule has 0 unspecified atom stereocenters. The van der Waals surface area contributed by atoms with Crippen LogP contribution in [0.15, 0.2) is 66.0 Å². The molecule has 3 rings (SSSR count). The topological polar surface area (TPSA) is 82.1 Å². The van der Waals surface area contributed by atoms with Crippen LogP contribution in [-0.2, 0) is 4.74 Å². The number of nitrogens with zero attached hydrogens (tertiary/aromatic N) is 2. The zero-order valence-electron chi connectivity index (χ0n) is 16.7. The highest BCUT2D eigenvalue weighted by Crippen LogP contribution is 2.34. The van der Waals surface area contributed by atoms with E-state index in [2.05, 4.69) is 5.32 Å². The number of rotatable bonds is 6. The van der Waals surface area contributed by atoms with Crippen LogP contribution in [-0.4, -0.2) is 49.4 Å². The minimum Gasteiger partial charge on any atom is -0.508 e. The van der Waals surface area contributed by atoms with E-state index >= 15 is 0 Å². The van der Waals surface area contributed by atoms with Crippen LogP contribution < -0.4 is 10.2 Å². The molecule has 156 valence electrons. The highest BCUT2D eigenvalue weighted by Gasteiger charge is 2.21. The van der Waals surface area contributed by atoms with Crippen molar-refractivity contribution in [3.63, 3.8) is 0 Å². The van der Waals surface area contributed by atoms with Crippen LogP contribution in [0, 0.1) is 0 Å². The van der Waals surface area contributed by atoms with Crippen molar-refractivity contribution in [3.8, 4) is 16.2 Å². The summed E-state index contributed by atoms with van der Waals surface area (Å²) in [6.45, 7) is 0.955. The van der Waals surface area contributed by atoms with Gasteiger partial charge in [-0.05, 0) is 49.8 Å². The number of amides is 2. The Bertz CT molecular complexity index is 991. The molecule has 0 aliphatic rings. The molecule has 0 atom stereocenters. The number of para-hydroxylation sites is 1. The number of carbonyl (C=O) groups excluding carboxylic acids is 2. The van der Waals surface area contributed by atoms with E-state index in [4.69, 9.17) is 4.74 Å².